The van der Waals surface area contributed by atoms with Gasteiger partial charge in [-0.15, -0.1) is 0 Å². The van der Waals surface area contributed by atoms with Crippen LogP contribution in [0.25, 0.3) is 10.2 Å². The minimum atomic E-state index is -0.122. The number of hydrogen-bond donors (Lipinski definition) is 3. The summed E-state index contributed by atoms with van der Waals surface area (Å²) in [6.45, 7) is 3.49. The second kappa shape index (κ2) is 7.98. The summed E-state index contributed by atoms with van der Waals surface area (Å²) in [5, 5.41) is 9.12. The summed E-state index contributed by atoms with van der Waals surface area (Å²) in [5.74, 6) is -0.221. The zero-order valence-electron chi connectivity index (χ0n) is 12.9. The zero-order valence-corrected chi connectivity index (χ0v) is 14.6. The molecule has 2 rings (SSSR count). The first-order chi connectivity index (χ1) is 11.0. The molecule has 23 heavy (non-hydrogen) atoms. The maximum Gasteiger partial charge on any atom is 0.226 e. The minimum Gasteiger partial charge on any atom is -0.326 e. The quantitative estimate of drug-likeness (QED) is 0.721. The minimum absolute atomic E-state index is 0.0987. The summed E-state index contributed by atoms with van der Waals surface area (Å²) in [6.07, 6.45) is 2.25. The molecule has 2 aromatic rings. The van der Waals surface area contributed by atoms with Crippen molar-refractivity contribution >= 4 is 61.5 Å². The summed E-state index contributed by atoms with van der Waals surface area (Å²) < 4.78 is 0.916. The normalized spacial score (nSPS) is 10.3. The second-order valence-corrected chi connectivity index (χ2v) is 6.43. The van der Waals surface area contributed by atoms with E-state index < -0.39 is 0 Å². The number of thiazole rings is 1. The third-order valence-electron chi connectivity index (χ3n) is 2.94. The molecular weight excluding hydrogens is 332 g/mol. The van der Waals surface area contributed by atoms with Gasteiger partial charge in [0.05, 0.1) is 10.2 Å². The number of nitrogens with zero attached hydrogens (tertiary/aromatic N) is 1. The Labute approximate surface area is 143 Å². The van der Waals surface area contributed by atoms with Gasteiger partial charge in [-0.1, -0.05) is 24.7 Å². The van der Waals surface area contributed by atoms with Crippen LogP contribution in [0.1, 0.15) is 33.1 Å². The Morgan fingerprint density at radius 2 is 2.09 bits per heavy atom. The molecule has 0 spiro atoms. The lowest BCUT2D eigenvalue weighted by molar-refractivity contribution is -0.119. The monoisotopic (exact) mass is 350 g/mol. The number of unbranched alkanes of at least 4 members (excludes halogenated alkanes) is 1. The van der Waals surface area contributed by atoms with Crippen molar-refractivity contribution in [3.8, 4) is 0 Å². The standard InChI is InChI=1S/C15H18N4O2S2/c1-3-4-5-13(21)18-14(22)19-15-17-11-7-6-10(16-9(2)20)8-12(11)23-15/h6-8H,3-5H2,1-2H3,(H,16,20)(H2,17,18,19,21,22). The highest BCUT2D eigenvalue weighted by Gasteiger charge is 2.09. The van der Waals surface area contributed by atoms with Gasteiger partial charge in [-0.05, 0) is 36.8 Å². The third-order valence-corrected chi connectivity index (χ3v) is 4.08. The van der Waals surface area contributed by atoms with Crippen molar-refractivity contribution in [2.45, 2.75) is 33.1 Å². The highest BCUT2D eigenvalue weighted by atomic mass is 32.1. The predicted octanol–water partition coefficient (Wildman–Crippen LogP) is 3.26. The fourth-order valence-electron chi connectivity index (χ4n) is 1.91. The molecule has 0 fully saturated rings. The van der Waals surface area contributed by atoms with Crippen LogP contribution in [-0.2, 0) is 9.59 Å². The van der Waals surface area contributed by atoms with Crippen molar-refractivity contribution in [3.63, 3.8) is 0 Å². The first-order valence-electron chi connectivity index (χ1n) is 7.27. The van der Waals surface area contributed by atoms with Gasteiger partial charge < -0.3 is 16.0 Å². The molecule has 8 heteroatoms. The van der Waals surface area contributed by atoms with Crippen LogP contribution >= 0.6 is 23.6 Å². The van der Waals surface area contributed by atoms with Crippen LogP contribution in [-0.4, -0.2) is 21.9 Å². The van der Waals surface area contributed by atoms with Crippen LogP contribution in [0.5, 0.6) is 0 Å². The Bertz CT molecular complexity index is 742. The number of anilines is 2. The summed E-state index contributed by atoms with van der Waals surface area (Å²) in [6, 6.07) is 5.46. The lowest BCUT2D eigenvalue weighted by Gasteiger charge is -2.06. The fraction of sp³-hybridized carbons (Fsp3) is 0.333. The molecule has 0 saturated carbocycles. The Morgan fingerprint density at radius 3 is 2.78 bits per heavy atom. The van der Waals surface area contributed by atoms with Crippen molar-refractivity contribution in [1.82, 2.24) is 10.3 Å². The topological polar surface area (TPSA) is 83.1 Å². The number of rotatable bonds is 5. The van der Waals surface area contributed by atoms with E-state index >= 15 is 0 Å². The Balaban J connectivity index is 2.01. The number of carbonyl (C=O) groups excluding carboxylic acids is 2. The van der Waals surface area contributed by atoms with Gasteiger partial charge in [0.15, 0.2) is 10.2 Å². The van der Waals surface area contributed by atoms with Crippen molar-refractivity contribution in [2.24, 2.45) is 0 Å². The average Bonchev–Trinajstić information content (AvgIpc) is 2.85. The number of aromatic nitrogens is 1. The molecule has 0 aliphatic carbocycles. The molecule has 1 heterocycles. The van der Waals surface area contributed by atoms with Gasteiger partial charge in [0, 0.05) is 19.0 Å². The molecule has 3 N–H and O–H groups in total. The van der Waals surface area contributed by atoms with Crippen LogP contribution in [0.15, 0.2) is 18.2 Å². The van der Waals surface area contributed by atoms with Crippen molar-refractivity contribution in [1.29, 1.82) is 0 Å². The third kappa shape index (κ3) is 5.26. The van der Waals surface area contributed by atoms with E-state index in [1.54, 1.807) is 6.07 Å². The molecule has 0 radical (unpaired) electrons. The molecule has 0 aliphatic rings. The highest BCUT2D eigenvalue weighted by molar-refractivity contribution is 7.80. The van der Waals surface area contributed by atoms with E-state index in [2.05, 4.69) is 20.9 Å². The second-order valence-electron chi connectivity index (χ2n) is 4.99. The van der Waals surface area contributed by atoms with Crippen LogP contribution in [0.2, 0.25) is 0 Å². The smallest absolute Gasteiger partial charge is 0.226 e. The van der Waals surface area contributed by atoms with E-state index in [1.807, 2.05) is 19.1 Å². The molecule has 0 saturated heterocycles. The number of carbonyl (C=O) groups is 2. The molecule has 2 amide bonds. The van der Waals surface area contributed by atoms with Gasteiger partial charge in [0.25, 0.3) is 0 Å². The first kappa shape index (κ1) is 17.3. The molecule has 6 nitrogen and oxygen atoms in total. The van der Waals surface area contributed by atoms with Crippen molar-refractivity contribution in [2.75, 3.05) is 10.6 Å². The van der Waals surface area contributed by atoms with Crippen LogP contribution < -0.4 is 16.0 Å². The number of nitrogens with one attached hydrogen (secondary N) is 3. The number of benzene rings is 1. The van der Waals surface area contributed by atoms with Gasteiger partial charge in [0.2, 0.25) is 11.8 Å². The van der Waals surface area contributed by atoms with Gasteiger partial charge in [-0.25, -0.2) is 4.98 Å². The fourth-order valence-corrected chi connectivity index (χ4v) is 3.10. The molecule has 1 aromatic carbocycles. The highest BCUT2D eigenvalue weighted by Crippen LogP contribution is 2.28. The molecule has 0 unspecified atom stereocenters. The summed E-state index contributed by atoms with van der Waals surface area (Å²) in [7, 11) is 0. The van der Waals surface area contributed by atoms with E-state index in [1.165, 1.54) is 18.3 Å². The predicted molar refractivity (Wildman–Crippen MR) is 97.8 cm³/mol. The summed E-state index contributed by atoms with van der Waals surface area (Å²) >= 11 is 6.52. The largest absolute Gasteiger partial charge is 0.326 e. The summed E-state index contributed by atoms with van der Waals surface area (Å²) in [5.41, 5.74) is 1.52. The average molecular weight is 350 g/mol. The van der Waals surface area contributed by atoms with Gasteiger partial charge >= 0.3 is 0 Å². The number of hydrogen-bond acceptors (Lipinski definition) is 5. The lowest BCUT2D eigenvalue weighted by Crippen LogP contribution is -2.33. The van der Waals surface area contributed by atoms with E-state index in [0.717, 1.165) is 28.7 Å². The van der Waals surface area contributed by atoms with Gasteiger partial charge in [-0.3, -0.25) is 9.59 Å². The lowest BCUT2D eigenvalue weighted by atomic mass is 10.2. The Morgan fingerprint density at radius 1 is 1.30 bits per heavy atom. The van der Waals surface area contributed by atoms with Crippen molar-refractivity contribution < 1.29 is 9.59 Å². The van der Waals surface area contributed by atoms with Crippen LogP contribution in [0, 0.1) is 0 Å². The first-order valence-corrected chi connectivity index (χ1v) is 8.49. The number of thiocarbonyl (C=S) groups is 1. The Hall–Kier alpha value is -2.06. The van der Waals surface area contributed by atoms with Crippen LogP contribution in [0.4, 0.5) is 10.8 Å². The van der Waals surface area contributed by atoms with Crippen molar-refractivity contribution in [3.05, 3.63) is 18.2 Å². The molecule has 0 bridgehead atoms. The molecule has 0 aliphatic heterocycles. The van der Waals surface area contributed by atoms with E-state index in [4.69, 9.17) is 12.2 Å². The maximum atomic E-state index is 11.6. The molecule has 1 aromatic heterocycles. The SMILES string of the molecule is CCCCC(=O)NC(=S)Nc1nc2ccc(NC(C)=O)cc2s1. The molecule has 122 valence electrons. The molecular formula is C15H18N4O2S2. The maximum absolute atomic E-state index is 11.6. The van der Waals surface area contributed by atoms with Gasteiger partial charge in [0.1, 0.15) is 0 Å². The number of fused-ring (bicyclic) bond motifs is 1. The molecule has 0 atom stereocenters. The van der Waals surface area contributed by atoms with E-state index in [-0.39, 0.29) is 16.9 Å². The van der Waals surface area contributed by atoms with E-state index in [0.29, 0.717) is 11.6 Å². The number of amides is 2. The van der Waals surface area contributed by atoms with Gasteiger partial charge in [-0.2, -0.15) is 0 Å². The van der Waals surface area contributed by atoms with Crippen LogP contribution in [0.3, 0.4) is 0 Å². The Kier molecular flexibility index (Phi) is 6.00. The summed E-state index contributed by atoms with van der Waals surface area (Å²) in [4.78, 5) is 27.1. The zero-order chi connectivity index (χ0) is 16.8. The van der Waals surface area contributed by atoms with E-state index in [9.17, 15) is 9.59 Å².